The number of amides is 1. The number of rotatable bonds is 19. The van der Waals surface area contributed by atoms with Crippen LogP contribution in [0.15, 0.2) is 62.2 Å². The Kier molecular flexibility index (Phi) is 12.7. The summed E-state index contributed by atoms with van der Waals surface area (Å²) in [5.74, 6) is -2.87. The van der Waals surface area contributed by atoms with Crippen molar-refractivity contribution in [1.29, 1.82) is 0 Å². The van der Waals surface area contributed by atoms with Crippen LogP contribution in [0, 0.1) is 26.1 Å². The monoisotopic (exact) mass is 697 g/mol. The molecule has 1 amide bonds. The maximum atomic E-state index is 13.6. The normalized spacial score (nSPS) is 12.2. The number of carbonyl (C=O) groups is 2. The van der Waals surface area contributed by atoms with E-state index in [0.717, 1.165) is 28.7 Å². The molecule has 0 spiro atoms. The average molecular weight is 698 g/mol. The average Bonchev–Trinajstić information content (AvgIpc) is 3.74. The molecule has 2 aromatic carbocycles. The van der Waals surface area contributed by atoms with Gasteiger partial charge in [0.15, 0.2) is 18.1 Å². The number of unbranched alkanes of at least 4 members (excludes halogenated alkanes) is 1. The minimum absolute atomic E-state index is 0.0790. The van der Waals surface area contributed by atoms with Gasteiger partial charge in [-0.1, -0.05) is 75.7 Å². The lowest BCUT2D eigenvalue weighted by molar-refractivity contribution is -0.790. The first-order chi connectivity index (χ1) is 24.0. The van der Waals surface area contributed by atoms with E-state index in [1.165, 1.54) is 4.90 Å². The molecule has 0 aliphatic rings. The molecule has 0 aliphatic heterocycles. The number of nitrogens with zero attached hydrogens (tertiary/aromatic N) is 6. The third-order valence-electron chi connectivity index (χ3n) is 7.49. The molecule has 0 saturated carbocycles. The number of ether oxygens (including phenoxy) is 1. The zero-order valence-electron chi connectivity index (χ0n) is 27.4. The van der Waals surface area contributed by atoms with Crippen molar-refractivity contribution in [3.8, 4) is 22.5 Å². The van der Waals surface area contributed by atoms with Gasteiger partial charge in [-0.05, 0) is 34.2 Å². The molecule has 2 atom stereocenters. The van der Waals surface area contributed by atoms with E-state index in [1.807, 2.05) is 55.5 Å². The lowest BCUT2D eigenvalue weighted by atomic mass is 9.97. The maximum Gasteiger partial charge on any atom is 0.519 e. The van der Waals surface area contributed by atoms with E-state index in [4.69, 9.17) is 13.6 Å². The molecule has 4 rings (SSSR count). The van der Waals surface area contributed by atoms with Gasteiger partial charge < -0.3 is 28.1 Å². The van der Waals surface area contributed by atoms with Crippen molar-refractivity contribution >= 4 is 11.9 Å². The summed E-state index contributed by atoms with van der Waals surface area (Å²) in [5, 5.41) is 33.4. The van der Waals surface area contributed by atoms with Gasteiger partial charge >= 0.3 is 11.8 Å². The predicted octanol–water partition coefficient (Wildman–Crippen LogP) is 3.69. The Bertz CT molecular complexity index is 1800. The molecule has 0 bridgehead atoms. The van der Waals surface area contributed by atoms with E-state index in [-0.39, 0.29) is 30.4 Å². The number of hydrogen-bond donors (Lipinski definition) is 1. The maximum absolute atomic E-state index is 13.6. The van der Waals surface area contributed by atoms with Gasteiger partial charge in [0.05, 0.1) is 0 Å². The molecule has 266 valence electrons. The third-order valence-corrected chi connectivity index (χ3v) is 7.49. The number of aromatic amines is 1. The lowest BCUT2D eigenvalue weighted by Gasteiger charge is -2.33. The minimum Gasteiger partial charge on any atom is -0.456 e. The zero-order valence-corrected chi connectivity index (χ0v) is 27.4. The number of hydrogen-bond acceptors (Lipinski definition) is 15. The van der Waals surface area contributed by atoms with Crippen LogP contribution < -0.4 is 5.82 Å². The van der Waals surface area contributed by atoms with Gasteiger partial charge in [0.1, 0.15) is 18.8 Å². The van der Waals surface area contributed by atoms with Gasteiger partial charge in [0, 0.05) is 24.9 Å². The quantitative estimate of drug-likeness (QED) is 0.0833. The molecule has 2 aromatic heterocycles. The number of tetrazole rings is 1. The summed E-state index contributed by atoms with van der Waals surface area (Å²) in [6, 6.07) is 14.0. The van der Waals surface area contributed by atoms with Gasteiger partial charge in [0.25, 0.3) is 10.2 Å². The Hall–Kier alpha value is -6.14. The molecule has 4 aromatic rings. The van der Waals surface area contributed by atoms with Crippen LogP contribution in [-0.2, 0) is 43.6 Å². The lowest BCUT2D eigenvalue weighted by Crippen LogP contribution is -2.48. The Balaban J connectivity index is 1.53. The highest BCUT2D eigenvalue weighted by molar-refractivity contribution is 5.85. The molecule has 0 saturated heterocycles. The van der Waals surface area contributed by atoms with E-state index in [1.54, 1.807) is 13.8 Å². The Morgan fingerprint density at radius 1 is 1.00 bits per heavy atom. The topological polar surface area (TPSA) is 249 Å². The first kappa shape index (κ1) is 36.7. The summed E-state index contributed by atoms with van der Waals surface area (Å²) in [7, 11) is 0. The summed E-state index contributed by atoms with van der Waals surface area (Å²) in [6.45, 7) is 4.02. The first-order valence-electron chi connectivity index (χ1n) is 15.5. The van der Waals surface area contributed by atoms with Crippen LogP contribution in [0.2, 0.25) is 0 Å². The van der Waals surface area contributed by atoms with E-state index in [0.29, 0.717) is 12.2 Å². The number of esters is 1. The SMILES string of the molecule is CCCCC(=O)N(Cc1ccc(-c2ccccc2-c2nn[nH]n2)cc1)[C@H](C(=O)OCc1oc(=O)oc1CC(CO[N+](=O)[O-])O[N+](=O)[O-])C(C)C. The standard InChI is InChI=1S/C31H35N7O12/c1-4-5-10-27(39)36(16-20-11-13-21(14-12-20)23-8-6-7-9-24(23)29-32-34-35-33-29)28(19(2)3)30(40)46-18-26-25(48-31(41)49-26)15-22(50-38(44)45)17-47-37(42)43/h6-9,11-14,19,22,28H,4-5,10,15-18H2,1-3H3,(H,32,33,34,35)/t22?,28-/m0/s1. The number of aromatic nitrogens is 4. The van der Waals surface area contributed by atoms with E-state index >= 15 is 0 Å². The van der Waals surface area contributed by atoms with E-state index in [9.17, 15) is 34.6 Å². The molecule has 1 unspecified atom stereocenters. The molecule has 19 nitrogen and oxygen atoms in total. The summed E-state index contributed by atoms with van der Waals surface area (Å²) in [5.41, 5.74) is 3.25. The van der Waals surface area contributed by atoms with Gasteiger partial charge in [-0.15, -0.1) is 30.4 Å². The van der Waals surface area contributed by atoms with E-state index < -0.39 is 59.7 Å². The van der Waals surface area contributed by atoms with Crippen LogP contribution in [0.5, 0.6) is 0 Å². The van der Waals surface area contributed by atoms with Gasteiger partial charge in [-0.25, -0.2) is 9.59 Å². The summed E-state index contributed by atoms with van der Waals surface area (Å²) in [4.78, 5) is 70.6. The van der Waals surface area contributed by atoms with Crippen LogP contribution in [0.3, 0.4) is 0 Å². The molecule has 0 radical (unpaired) electrons. The highest BCUT2D eigenvalue weighted by Gasteiger charge is 2.34. The first-order valence-corrected chi connectivity index (χ1v) is 15.5. The summed E-state index contributed by atoms with van der Waals surface area (Å²) >= 11 is 0. The number of nitrogens with one attached hydrogen (secondary N) is 1. The zero-order chi connectivity index (χ0) is 36.2. The molecule has 1 N–H and O–H groups in total. The fourth-order valence-corrected chi connectivity index (χ4v) is 5.19. The fourth-order valence-electron chi connectivity index (χ4n) is 5.19. The molecule has 2 heterocycles. The predicted molar refractivity (Wildman–Crippen MR) is 169 cm³/mol. The molecular weight excluding hydrogens is 662 g/mol. The minimum atomic E-state index is -1.56. The van der Waals surface area contributed by atoms with Crippen LogP contribution >= 0.6 is 0 Å². The Morgan fingerprint density at radius 3 is 2.32 bits per heavy atom. The molecular formula is C31H35N7O12. The van der Waals surface area contributed by atoms with Crippen molar-refractivity contribution in [2.24, 2.45) is 5.92 Å². The Morgan fingerprint density at radius 2 is 1.70 bits per heavy atom. The van der Waals surface area contributed by atoms with Crippen LogP contribution in [0.25, 0.3) is 22.5 Å². The summed E-state index contributed by atoms with van der Waals surface area (Å²) < 4.78 is 15.4. The van der Waals surface area contributed by atoms with Gasteiger partial charge in [-0.2, -0.15) is 5.21 Å². The van der Waals surface area contributed by atoms with Gasteiger partial charge in [0.2, 0.25) is 11.7 Å². The second-order valence-electron chi connectivity index (χ2n) is 11.4. The highest BCUT2D eigenvalue weighted by Crippen LogP contribution is 2.30. The molecule has 0 aliphatic carbocycles. The van der Waals surface area contributed by atoms with Crippen molar-refractivity contribution in [2.45, 2.75) is 71.8 Å². The third kappa shape index (κ3) is 9.94. The molecule has 50 heavy (non-hydrogen) atoms. The van der Waals surface area contributed by atoms with Crippen LogP contribution in [-0.4, -0.2) is 66.3 Å². The smallest absolute Gasteiger partial charge is 0.456 e. The summed E-state index contributed by atoms with van der Waals surface area (Å²) in [6.07, 6.45) is -0.578. The Labute approximate surface area is 283 Å². The second-order valence-corrected chi connectivity index (χ2v) is 11.4. The van der Waals surface area contributed by atoms with Gasteiger partial charge in [-0.3, -0.25) is 4.79 Å². The largest absolute Gasteiger partial charge is 0.519 e. The second kappa shape index (κ2) is 17.3. The van der Waals surface area contributed by atoms with Crippen molar-refractivity contribution in [3.63, 3.8) is 0 Å². The number of H-pyrrole nitrogens is 1. The van der Waals surface area contributed by atoms with Crippen LogP contribution in [0.1, 0.15) is 57.1 Å². The van der Waals surface area contributed by atoms with E-state index in [2.05, 4.69) is 30.3 Å². The number of benzene rings is 2. The molecule has 19 heteroatoms. The van der Waals surface area contributed by atoms with Crippen molar-refractivity contribution in [3.05, 3.63) is 96.5 Å². The highest BCUT2D eigenvalue weighted by atomic mass is 17.0. The van der Waals surface area contributed by atoms with Crippen molar-refractivity contribution in [1.82, 2.24) is 25.5 Å². The van der Waals surface area contributed by atoms with Crippen molar-refractivity contribution < 1.29 is 43.0 Å². The van der Waals surface area contributed by atoms with Crippen LogP contribution in [0.4, 0.5) is 0 Å². The molecule has 0 fully saturated rings. The fraction of sp³-hybridized carbons (Fsp3) is 0.419. The van der Waals surface area contributed by atoms with Crippen molar-refractivity contribution in [2.75, 3.05) is 6.61 Å². The number of carbonyl (C=O) groups excluding carboxylic acids is 2.